The first kappa shape index (κ1) is 18.9. The Morgan fingerprint density at radius 1 is 0.871 bits per heavy atom. The van der Waals surface area contributed by atoms with Gasteiger partial charge in [0.2, 0.25) is 0 Å². The first-order valence-electron chi connectivity index (χ1n) is 10.1. The van der Waals surface area contributed by atoms with Crippen molar-refractivity contribution in [3.8, 4) is 5.75 Å². The summed E-state index contributed by atoms with van der Waals surface area (Å²) < 4.78 is 5.86. The number of carbonyl (C=O) groups is 2. The summed E-state index contributed by atoms with van der Waals surface area (Å²) in [4.78, 5) is 35.9. The van der Waals surface area contributed by atoms with E-state index in [2.05, 4.69) is 9.97 Å². The fraction of sp³-hybridized carbons (Fsp3) is 0.120. The molecule has 0 N–H and O–H groups in total. The lowest BCUT2D eigenvalue weighted by Gasteiger charge is -2.14. The topological polar surface area (TPSA) is 72.4 Å². The van der Waals surface area contributed by atoms with Gasteiger partial charge < -0.3 is 4.74 Å². The number of hydrogen-bond acceptors (Lipinski definition) is 5. The second-order valence-electron chi connectivity index (χ2n) is 7.34. The normalized spacial score (nSPS) is 13.0. The predicted octanol–water partition coefficient (Wildman–Crippen LogP) is 4.05. The van der Waals surface area contributed by atoms with E-state index in [0.717, 1.165) is 22.2 Å². The molecule has 3 heterocycles. The molecule has 0 atom stereocenters. The molecule has 0 aliphatic carbocycles. The van der Waals surface area contributed by atoms with Crippen LogP contribution in [0.5, 0.6) is 5.75 Å². The molecule has 6 heteroatoms. The van der Waals surface area contributed by atoms with Crippen molar-refractivity contribution in [3.05, 3.63) is 102 Å². The van der Waals surface area contributed by atoms with Gasteiger partial charge in [0.05, 0.1) is 16.6 Å². The lowest BCUT2D eigenvalue weighted by molar-refractivity contribution is 0.0654. The second-order valence-corrected chi connectivity index (χ2v) is 7.34. The Kier molecular flexibility index (Phi) is 4.88. The zero-order valence-electron chi connectivity index (χ0n) is 16.7. The Morgan fingerprint density at radius 3 is 2.65 bits per heavy atom. The Labute approximate surface area is 179 Å². The van der Waals surface area contributed by atoms with Gasteiger partial charge in [0.15, 0.2) is 0 Å². The highest BCUT2D eigenvalue weighted by Gasteiger charge is 2.37. The van der Waals surface area contributed by atoms with E-state index in [1.54, 1.807) is 30.6 Å². The Balaban J connectivity index is 1.33. The standard InChI is InChI=1S/C25H19N3O3/c29-24-20-7-3-9-22(31-16-17-5-4-13-26-15-17)23(20)25(30)28(24)14-12-19-11-10-18-6-1-2-8-21(18)27-19/h1-11,13,15H,12,14,16H2. The van der Waals surface area contributed by atoms with Crippen LogP contribution in [0.4, 0.5) is 0 Å². The van der Waals surface area contributed by atoms with E-state index < -0.39 is 0 Å². The summed E-state index contributed by atoms with van der Waals surface area (Å²) >= 11 is 0. The number of hydrogen-bond donors (Lipinski definition) is 0. The molecule has 1 aliphatic heterocycles. The zero-order valence-corrected chi connectivity index (χ0v) is 16.7. The van der Waals surface area contributed by atoms with Crippen LogP contribution >= 0.6 is 0 Å². The van der Waals surface area contributed by atoms with Crippen molar-refractivity contribution >= 4 is 22.7 Å². The van der Waals surface area contributed by atoms with Crippen LogP contribution < -0.4 is 4.74 Å². The fourth-order valence-electron chi connectivity index (χ4n) is 3.74. The lowest BCUT2D eigenvalue weighted by Crippen LogP contribution is -2.32. The third kappa shape index (κ3) is 3.64. The van der Waals surface area contributed by atoms with Gasteiger partial charge in [-0.25, -0.2) is 0 Å². The molecule has 0 radical (unpaired) electrons. The first-order valence-corrected chi connectivity index (χ1v) is 10.1. The summed E-state index contributed by atoms with van der Waals surface area (Å²) in [5.74, 6) is -0.221. The number of benzene rings is 2. The van der Waals surface area contributed by atoms with E-state index >= 15 is 0 Å². The summed E-state index contributed by atoms with van der Waals surface area (Å²) in [6.07, 6.45) is 3.88. The third-order valence-electron chi connectivity index (χ3n) is 5.33. The van der Waals surface area contributed by atoms with Gasteiger partial charge in [-0.05, 0) is 30.3 Å². The minimum absolute atomic E-state index is 0.264. The molecule has 4 aromatic rings. The van der Waals surface area contributed by atoms with Gasteiger partial charge in [0.25, 0.3) is 11.8 Å². The van der Waals surface area contributed by atoms with E-state index in [1.807, 2.05) is 48.5 Å². The van der Waals surface area contributed by atoms with Gasteiger partial charge in [0.1, 0.15) is 12.4 Å². The van der Waals surface area contributed by atoms with Gasteiger partial charge in [-0.15, -0.1) is 0 Å². The average Bonchev–Trinajstić information content (AvgIpc) is 3.07. The molecule has 31 heavy (non-hydrogen) atoms. The maximum Gasteiger partial charge on any atom is 0.265 e. The molecular formula is C25H19N3O3. The number of para-hydroxylation sites is 1. The Bertz CT molecular complexity index is 1290. The van der Waals surface area contributed by atoms with Crippen molar-refractivity contribution < 1.29 is 14.3 Å². The number of nitrogens with zero attached hydrogens (tertiary/aromatic N) is 3. The van der Waals surface area contributed by atoms with Gasteiger partial charge in [-0.2, -0.15) is 0 Å². The highest BCUT2D eigenvalue weighted by atomic mass is 16.5. The van der Waals surface area contributed by atoms with Crippen molar-refractivity contribution in [3.63, 3.8) is 0 Å². The van der Waals surface area contributed by atoms with Crippen LogP contribution in [0.3, 0.4) is 0 Å². The van der Waals surface area contributed by atoms with E-state index in [4.69, 9.17) is 4.74 Å². The van der Waals surface area contributed by atoms with Crippen LogP contribution in [0, 0.1) is 0 Å². The molecule has 6 nitrogen and oxygen atoms in total. The maximum atomic E-state index is 13.1. The average molecular weight is 409 g/mol. The molecule has 0 unspecified atom stereocenters. The highest BCUT2D eigenvalue weighted by molar-refractivity contribution is 6.22. The molecule has 0 spiro atoms. The molecular weight excluding hydrogens is 390 g/mol. The number of aromatic nitrogens is 2. The van der Waals surface area contributed by atoms with Gasteiger partial charge in [-0.1, -0.05) is 36.4 Å². The molecule has 5 rings (SSSR count). The summed E-state index contributed by atoms with van der Waals surface area (Å²) in [6, 6.07) is 20.6. The third-order valence-corrected chi connectivity index (χ3v) is 5.33. The molecule has 2 amide bonds. The largest absolute Gasteiger partial charge is 0.488 e. The summed E-state index contributed by atoms with van der Waals surface area (Å²) in [7, 11) is 0. The minimum Gasteiger partial charge on any atom is -0.488 e. The van der Waals surface area contributed by atoms with Crippen molar-refractivity contribution in [2.24, 2.45) is 0 Å². The summed E-state index contributed by atoms with van der Waals surface area (Å²) in [6.45, 7) is 0.534. The molecule has 2 aromatic heterocycles. The van der Waals surface area contributed by atoms with E-state index in [0.29, 0.717) is 23.3 Å². The van der Waals surface area contributed by atoms with Gasteiger partial charge in [-0.3, -0.25) is 24.5 Å². The molecule has 152 valence electrons. The number of imide groups is 1. The number of ether oxygens (including phenoxy) is 1. The summed E-state index contributed by atoms with van der Waals surface area (Å²) in [5, 5.41) is 1.06. The molecule has 0 saturated heterocycles. The number of pyridine rings is 2. The van der Waals surface area contributed by atoms with Crippen LogP contribution in [0.2, 0.25) is 0 Å². The first-order chi connectivity index (χ1) is 15.2. The highest BCUT2D eigenvalue weighted by Crippen LogP contribution is 2.31. The molecule has 0 saturated carbocycles. The van der Waals surface area contributed by atoms with Crippen LogP contribution in [0.15, 0.2) is 79.1 Å². The number of fused-ring (bicyclic) bond motifs is 2. The number of rotatable bonds is 6. The monoisotopic (exact) mass is 409 g/mol. The smallest absolute Gasteiger partial charge is 0.265 e. The van der Waals surface area contributed by atoms with Gasteiger partial charge in [0, 0.05) is 42.0 Å². The second kappa shape index (κ2) is 7.99. The SMILES string of the molecule is O=C1c2cccc(OCc3cccnc3)c2C(=O)N1CCc1ccc2ccccc2n1. The quantitative estimate of drug-likeness (QED) is 0.449. The van der Waals surface area contributed by atoms with Crippen molar-refractivity contribution in [1.82, 2.24) is 14.9 Å². The Morgan fingerprint density at radius 2 is 1.77 bits per heavy atom. The van der Waals surface area contributed by atoms with Crippen LogP contribution in [0.1, 0.15) is 32.0 Å². The predicted molar refractivity (Wildman–Crippen MR) is 116 cm³/mol. The number of carbonyl (C=O) groups excluding carboxylic acids is 2. The van der Waals surface area contributed by atoms with Crippen molar-refractivity contribution in [2.75, 3.05) is 6.54 Å². The van der Waals surface area contributed by atoms with Crippen LogP contribution in [-0.4, -0.2) is 33.2 Å². The molecule has 1 aliphatic rings. The zero-order chi connectivity index (χ0) is 21.2. The minimum atomic E-state index is -0.331. The fourth-order valence-corrected chi connectivity index (χ4v) is 3.74. The lowest BCUT2D eigenvalue weighted by atomic mass is 10.1. The van der Waals surface area contributed by atoms with Crippen molar-refractivity contribution in [1.29, 1.82) is 0 Å². The van der Waals surface area contributed by atoms with Crippen molar-refractivity contribution in [2.45, 2.75) is 13.0 Å². The van der Waals surface area contributed by atoms with E-state index in [9.17, 15) is 9.59 Å². The number of amides is 2. The van der Waals surface area contributed by atoms with E-state index in [1.165, 1.54) is 4.90 Å². The Hall–Kier alpha value is -4.06. The molecule has 0 bridgehead atoms. The van der Waals surface area contributed by atoms with Crippen LogP contribution in [0.25, 0.3) is 10.9 Å². The van der Waals surface area contributed by atoms with E-state index in [-0.39, 0.29) is 25.0 Å². The maximum absolute atomic E-state index is 13.1. The van der Waals surface area contributed by atoms with Crippen LogP contribution in [-0.2, 0) is 13.0 Å². The molecule has 2 aromatic carbocycles. The summed E-state index contributed by atoms with van der Waals surface area (Å²) in [5.41, 5.74) is 3.32. The molecule has 0 fully saturated rings. The van der Waals surface area contributed by atoms with Gasteiger partial charge >= 0.3 is 0 Å².